The average molecular weight is 262 g/mol. The molecule has 0 atom stereocenters. The number of hydrogen-bond acceptors (Lipinski definition) is 3. The number of benzene rings is 1. The van der Waals surface area contributed by atoms with Crippen LogP contribution in [0.3, 0.4) is 0 Å². The van der Waals surface area contributed by atoms with Gasteiger partial charge in [0, 0.05) is 18.7 Å². The van der Waals surface area contributed by atoms with E-state index in [0.717, 1.165) is 6.07 Å². The first-order chi connectivity index (χ1) is 8.97. The van der Waals surface area contributed by atoms with Gasteiger partial charge < -0.3 is 4.90 Å². The van der Waals surface area contributed by atoms with Gasteiger partial charge in [-0.2, -0.15) is 5.26 Å². The summed E-state index contributed by atoms with van der Waals surface area (Å²) < 4.78 is 13.7. The fourth-order valence-electron chi connectivity index (χ4n) is 1.65. The first kappa shape index (κ1) is 14.8. The summed E-state index contributed by atoms with van der Waals surface area (Å²) in [5.41, 5.74) is 0.567. The van der Waals surface area contributed by atoms with E-state index in [9.17, 15) is 14.0 Å². The number of amides is 1. The number of nitriles is 1. The van der Waals surface area contributed by atoms with E-state index in [-0.39, 0.29) is 30.2 Å². The molecule has 4 nitrogen and oxygen atoms in total. The van der Waals surface area contributed by atoms with Gasteiger partial charge >= 0.3 is 0 Å². The number of ketones is 1. The molecule has 0 spiro atoms. The molecule has 0 radical (unpaired) electrons. The highest BCUT2D eigenvalue weighted by Gasteiger charge is 2.15. The van der Waals surface area contributed by atoms with Gasteiger partial charge in [0.2, 0.25) is 5.91 Å². The summed E-state index contributed by atoms with van der Waals surface area (Å²) >= 11 is 0. The lowest BCUT2D eigenvalue weighted by atomic mass is 10.1. The lowest BCUT2D eigenvalue weighted by Crippen LogP contribution is -2.31. The lowest BCUT2D eigenvalue weighted by Gasteiger charge is -2.20. The van der Waals surface area contributed by atoms with Crippen molar-refractivity contribution in [3.8, 4) is 6.07 Å². The topological polar surface area (TPSA) is 61.2 Å². The first-order valence-electron chi connectivity index (χ1n) is 5.93. The van der Waals surface area contributed by atoms with Crippen molar-refractivity contribution < 1.29 is 14.0 Å². The zero-order valence-electron chi connectivity index (χ0n) is 10.9. The van der Waals surface area contributed by atoms with Crippen LogP contribution in [-0.2, 0) is 16.1 Å². The molecule has 1 aromatic carbocycles. The molecule has 1 rings (SSSR count). The second-order valence-corrected chi connectivity index (χ2v) is 4.20. The minimum absolute atomic E-state index is 0.0974. The van der Waals surface area contributed by atoms with Crippen LogP contribution in [0.1, 0.15) is 31.4 Å². The van der Waals surface area contributed by atoms with Crippen molar-refractivity contribution in [1.82, 2.24) is 4.90 Å². The van der Waals surface area contributed by atoms with E-state index in [4.69, 9.17) is 5.26 Å². The number of hydrogen-bond donors (Lipinski definition) is 0. The third kappa shape index (κ3) is 4.18. The van der Waals surface area contributed by atoms with Crippen molar-refractivity contribution in [1.29, 1.82) is 5.26 Å². The Morgan fingerprint density at radius 2 is 2.11 bits per heavy atom. The SMILES string of the molecule is CCN(Cc1ccc(C#N)cc1F)C(=O)CC(C)=O. The maximum absolute atomic E-state index is 13.7. The first-order valence-corrected chi connectivity index (χ1v) is 5.93. The minimum Gasteiger partial charge on any atom is -0.338 e. The molecule has 0 heterocycles. The van der Waals surface area contributed by atoms with Gasteiger partial charge in [-0.25, -0.2) is 4.39 Å². The van der Waals surface area contributed by atoms with Gasteiger partial charge in [-0.15, -0.1) is 0 Å². The molecule has 0 aliphatic rings. The van der Waals surface area contributed by atoms with Crippen LogP contribution in [0.5, 0.6) is 0 Å². The van der Waals surface area contributed by atoms with Crippen molar-refractivity contribution in [2.75, 3.05) is 6.54 Å². The molecule has 0 saturated heterocycles. The summed E-state index contributed by atoms with van der Waals surface area (Å²) in [6.07, 6.45) is -0.175. The molecule has 0 bridgehead atoms. The zero-order valence-corrected chi connectivity index (χ0v) is 10.9. The number of carbonyl (C=O) groups is 2. The number of rotatable bonds is 5. The van der Waals surface area contributed by atoms with Crippen LogP contribution < -0.4 is 0 Å². The number of carbonyl (C=O) groups excluding carboxylic acids is 2. The molecule has 5 heteroatoms. The zero-order chi connectivity index (χ0) is 14.4. The van der Waals surface area contributed by atoms with Crippen molar-refractivity contribution >= 4 is 11.7 Å². The number of nitrogens with zero attached hydrogens (tertiary/aromatic N) is 2. The molecule has 0 aromatic heterocycles. The van der Waals surface area contributed by atoms with E-state index in [0.29, 0.717) is 12.1 Å². The second kappa shape index (κ2) is 6.64. The van der Waals surface area contributed by atoms with E-state index in [2.05, 4.69) is 0 Å². The van der Waals surface area contributed by atoms with Crippen molar-refractivity contribution in [2.24, 2.45) is 0 Å². The van der Waals surface area contributed by atoms with E-state index >= 15 is 0 Å². The third-order valence-corrected chi connectivity index (χ3v) is 2.68. The highest BCUT2D eigenvalue weighted by Crippen LogP contribution is 2.13. The summed E-state index contributed by atoms with van der Waals surface area (Å²) in [6.45, 7) is 3.60. The fourth-order valence-corrected chi connectivity index (χ4v) is 1.65. The molecule has 0 aliphatic carbocycles. The molecule has 19 heavy (non-hydrogen) atoms. The van der Waals surface area contributed by atoms with Crippen LogP contribution in [-0.4, -0.2) is 23.1 Å². The predicted molar refractivity (Wildman–Crippen MR) is 67.5 cm³/mol. The van der Waals surface area contributed by atoms with Crippen molar-refractivity contribution in [3.63, 3.8) is 0 Å². The van der Waals surface area contributed by atoms with Crippen LogP contribution in [0.4, 0.5) is 4.39 Å². The molecular weight excluding hydrogens is 247 g/mol. The molecule has 0 unspecified atom stereocenters. The largest absolute Gasteiger partial charge is 0.338 e. The summed E-state index contributed by atoms with van der Waals surface area (Å²) in [6, 6.07) is 5.97. The van der Waals surface area contributed by atoms with Gasteiger partial charge in [-0.1, -0.05) is 6.07 Å². The predicted octanol–water partition coefficient (Wildman–Crippen LogP) is 2.02. The highest BCUT2D eigenvalue weighted by atomic mass is 19.1. The molecular formula is C14H15FN2O2. The van der Waals surface area contributed by atoms with Gasteiger partial charge in [0.1, 0.15) is 11.6 Å². The minimum atomic E-state index is -0.520. The Hall–Kier alpha value is -2.22. The molecule has 0 N–H and O–H groups in total. The van der Waals surface area contributed by atoms with Gasteiger partial charge in [0.15, 0.2) is 0 Å². The number of Topliss-reactive ketones (excluding diaryl/α,β-unsaturated/α-hetero) is 1. The van der Waals surface area contributed by atoms with E-state index in [1.807, 2.05) is 6.07 Å². The molecule has 1 amide bonds. The van der Waals surface area contributed by atoms with Crippen LogP contribution in [0, 0.1) is 17.1 Å². The normalized spacial score (nSPS) is 9.79. The second-order valence-electron chi connectivity index (χ2n) is 4.20. The Balaban J connectivity index is 2.84. The maximum atomic E-state index is 13.7. The van der Waals surface area contributed by atoms with Gasteiger partial charge in [0.25, 0.3) is 0 Å². The summed E-state index contributed by atoms with van der Waals surface area (Å²) in [5.74, 6) is -1.06. The molecule has 100 valence electrons. The van der Waals surface area contributed by atoms with E-state index < -0.39 is 5.82 Å². The Kier molecular flexibility index (Phi) is 5.19. The number of halogens is 1. The Bertz CT molecular complexity index is 535. The highest BCUT2D eigenvalue weighted by molar-refractivity contribution is 5.96. The molecule has 1 aromatic rings. The van der Waals surface area contributed by atoms with Crippen LogP contribution in [0.2, 0.25) is 0 Å². The monoisotopic (exact) mass is 262 g/mol. The Morgan fingerprint density at radius 3 is 2.58 bits per heavy atom. The van der Waals surface area contributed by atoms with Gasteiger partial charge in [0.05, 0.1) is 18.1 Å². The van der Waals surface area contributed by atoms with Crippen molar-refractivity contribution in [2.45, 2.75) is 26.8 Å². The fraction of sp³-hybridized carbons (Fsp3) is 0.357. The van der Waals surface area contributed by atoms with Crippen LogP contribution >= 0.6 is 0 Å². The standard InChI is InChI=1S/C14H15FN2O2/c1-3-17(14(19)6-10(2)18)9-12-5-4-11(8-16)7-13(12)15/h4-5,7H,3,6,9H2,1-2H3. The summed E-state index contributed by atoms with van der Waals surface area (Å²) in [7, 11) is 0. The maximum Gasteiger partial charge on any atom is 0.230 e. The molecule has 0 saturated carbocycles. The Morgan fingerprint density at radius 1 is 1.42 bits per heavy atom. The van der Waals surface area contributed by atoms with Gasteiger partial charge in [-0.3, -0.25) is 9.59 Å². The van der Waals surface area contributed by atoms with Gasteiger partial charge in [-0.05, 0) is 26.0 Å². The third-order valence-electron chi connectivity index (χ3n) is 2.68. The lowest BCUT2D eigenvalue weighted by molar-refractivity contribution is -0.135. The summed E-state index contributed by atoms with van der Waals surface area (Å²) in [5, 5.41) is 8.65. The summed E-state index contributed by atoms with van der Waals surface area (Å²) in [4.78, 5) is 24.1. The average Bonchev–Trinajstić information content (AvgIpc) is 2.36. The smallest absolute Gasteiger partial charge is 0.230 e. The quantitative estimate of drug-likeness (QED) is 0.763. The van der Waals surface area contributed by atoms with Crippen molar-refractivity contribution in [3.05, 3.63) is 35.1 Å². The van der Waals surface area contributed by atoms with Crippen LogP contribution in [0.25, 0.3) is 0 Å². The van der Waals surface area contributed by atoms with Crippen LogP contribution in [0.15, 0.2) is 18.2 Å². The van der Waals surface area contributed by atoms with E-state index in [1.165, 1.54) is 24.0 Å². The van der Waals surface area contributed by atoms with E-state index in [1.54, 1.807) is 6.92 Å². The molecule has 0 aliphatic heterocycles. The molecule has 0 fully saturated rings. The Labute approximate surface area is 111 Å².